The van der Waals surface area contributed by atoms with Crippen LogP contribution in [0.4, 0.5) is 0 Å². The van der Waals surface area contributed by atoms with Crippen LogP contribution in [0.5, 0.6) is 0 Å². The van der Waals surface area contributed by atoms with Gasteiger partial charge in [0.25, 0.3) is 0 Å². The van der Waals surface area contributed by atoms with Crippen molar-refractivity contribution >= 4 is 0 Å². The smallest absolute Gasteiger partial charge is 0.0141 e. The lowest BCUT2D eigenvalue weighted by molar-refractivity contribution is 0.641. The van der Waals surface area contributed by atoms with Gasteiger partial charge in [0.05, 0.1) is 0 Å². The number of hydrogen-bond donors (Lipinski definition) is 0. The first-order valence-electron chi connectivity index (χ1n) is 7.17. The summed E-state index contributed by atoms with van der Waals surface area (Å²) >= 11 is 0. The second-order valence-electron chi connectivity index (χ2n) is 5.17. The third-order valence-corrected chi connectivity index (χ3v) is 3.63. The number of unbranched alkanes of at least 4 members (excludes halogenated alkanes) is 3. The van der Waals surface area contributed by atoms with Crippen LogP contribution in [0, 0.1) is 5.92 Å². The minimum atomic E-state index is 0.890. The van der Waals surface area contributed by atoms with Gasteiger partial charge in [0, 0.05) is 0 Å². The van der Waals surface area contributed by atoms with Gasteiger partial charge in [-0.1, -0.05) is 56.8 Å². The molecule has 0 radical (unpaired) electrons. The maximum absolute atomic E-state index is 3.88. The predicted molar refractivity (Wildman–Crippen MR) is 73.6 cm³/mol. The highest BCUT2D eigenvalue weighted by Gasteiger charge is 2.12. The van der Waals surface area contributed by atoms with Crippen molar-refractivity contribution in [3.05, 3.63) is 24.3 Å². The molecule has 1 saturated carbocycles. The van der Waals surface area contributed by atoms with Gasteiger partial charge in [-0.05, 0) is 38.0 Å². The van der Waals surface area contributed by atoms with Gasteiger partial charge in [-0.3, -0.25) is 0 Å². The monoisotopic (exact) mass is 220 g/mol. The summed E-state index contributed by atoms with van der Waals surface area (Å²) in [5.41, 5.74) is 1.65. The van der Waals surface area contributed by atoms with Crippen molar-refractivity contribution in [3.8, 4) is 0 Å². The maximum atomic E-state index is 3.88. The Bertz CT molecular complexity index is 206. The molecule has 0 aromatic heterocycles. The zero-order chi connectivity index (χ0) is 11.6. The zero-order valence-electron chi connectivity index (χ0n) is 11.0. The van der Waals surface area contributed by atoms with E-state index in [1.165, 1.54) is 57.8 Å². The molecule has 0 amide bonds. The Morgan fingerprint density at radius 2 is 1.94 bits per heavy atom. The molecule has 0 aromatic carbocycles. The molecule has 0 spiro atoms. The van der Waals surface area contributed by atoms with E-state index in [9.17, 15) is 0 Å². The summed E-state index contributed by atoms with van der Waals surface area (Å²) < 4.78 is 0. The number of rotatable bonds is 8. The molecule has 1 fully saturated rings. The highest BCUT2D eigenvalue weighted by atomic mass is 14.2. The summed E-state index contributed by atoms with van der Waals surface area (Å²) in [5, 5.41) is 0. The number of allylic oxidation sites excluding steroid dienone is 3. The Morgan fingerprint density at radius 1 is 1.19 bits per heavy atom. The summed E-state index contributed by atoms with van der Waals surface area (Å²) in [6.07, 6.45) is 18.3. The van der Waals surface area contributed by atoms with E-state index in [0.717, 1.165) is 12.3 Å². The molecule has 0 nitrogen and oxygen atoms in total. The molecule has 92 valence electrons. The lowest BCUT2D eigenvalue weighted by Crippen LogP contribution is -1.92. The van der Waals surface area contributed by atoms with E-state index in [0.29, 0.717) is 0 Å². The summed E-state index contributed by atoms with van der Waals surface area (Å²) in [7, 11) is 0. The molecule has 0 heterocycles. The highest BCUT2D eigenvalue weighted by molar-refractivity contribution is 5.09. The summed E-state index contributed by atoms with van der Waals surface area (Å²) in [6.45, 7) is 6.16. The molecular formula is C16H28. The minimum absolute atomic E-state index is 0.890. The second kappa shape index (κ2) is 8.61. The van der Waals surface area contributed by atoms with E-state index >= 15 is 0 Å². The SMILES string of the molecule is C=CC/C(=C\C1CCCC1)CCCCCC. The quantitative estimate of drug-likeness (QED) is 0.366. The standard InChI is InChI=1S/C16H28/c1-3-5-6-7-11-15(10-4-2)14-16-12-8-9-13-16/h4,14,16H,2-3,5-13H2,1H3/b15-14+. The Hall–Kier alpha value is -0.520. The van der Waals surface area contributed by atoms with Crippen LogP contribution in [0.3, 0.4) is 0 Å². The van der Waals surface area contributed by atoms with Gasteiger partial charge < -0.3 is 0 Å². The molecule has 16 heavy (non-hydrogen) atoms. The first-order chi connectivity index (χ1) is 7.86. The normalized spacial score (nSPS) is 17.9. The van der Waals surface area contributed by atoms with Gasteiger partial charge in [0.1, 0.15) is 0 Å². The molecule has 0 atom stereocenters. The fourth-order valence-electron chi connectivity index (χ4n) is 2.68. The average molecular weight is 220 g/mol. The zero-order valence-corrected chi connectivity index (χ0v) is 11.0. The van der Waals surface area contributed by atoms with E-state index in [1.54, 1.807) is 5.57 Å². The topological polar surface area (TPSA) is 0 Å². The van der Waals surface area contributed by atoms with E-state index in [2.05, 4.69) is 25.7 Å². The fraction of sp³-hybridized carbons (Fsp3) is 0.750. The molecule has 0 aromatic rings. The van der Waals surface area contributed by atoms with Crippen molar-refractivity contribution < 1.29 is 0 Å². The molecule has 0 saturated heterocycles. The average Bonchev–Trinajstić information content (AvgIpc) is 2.77. The van der Waals surface area contributed by atoms with Crippen LogP contribution in [-0.4, -0.2) is 0 Å². The summed E-state index contributed by atoms with van der Waals surface area (Å²) in [5.74, 6) is 0.890. The largest absolute Gasteiger partial charge is 0.103 e. The van der Waals surface area contributed by atoms with Crippen LogP contribution in [0.2, 0.25) is 0 Å². The Balaban J connectivity index is 2.30. The van der Waals surface area contributed by atoms with E-state index in [1.807, 2.05) is 0 Å². The predicted octanol–water partition coefficient (Wildman–Crippen LogP) is 5.65. The molecule has 0 aliphatic heterocycles. The molecular weight excluding hydrogens is 192 g/mol. The van der Waals surface area contributed by atoms with Crippen LogP contribution in [0.15, 0.2) is 24.3 Å². The Morgan fingerprint density at radius 3 is 2.56 bits per heavy atom. The Kier molecular flexibility index (Phi) is 7.29. The van der Waals surface area contributed by atoms with Crippen molar-refractivity contribution in [3.63, 3.8) is 0 Å². The third kappa shape index (κ3) is 5.53. The van der Waals surface area contributed by atoms with Gasteiger partial charge in [-0.15, -0.1) is 6.58 Å². The molecule has 0 bridgehead atoms. The molecule has 0 heteroatoms. The van der Waals surface area contributed by atoms with E-state index < -0.39 is 0 Å². The van der Waals surface area contributed by atoms with Gasteiger partial charge >= 0.3 is 0 Å². The fourth-order valence-corrected chi connectivity index (χ4v) is 2.68. The maximum Gasteiger partial charge on any atom is -0.0141 e. The van der Waals surface area contributed by atoms with Gasteiger partial charge in [0.15, 0.2) is 0 Å². The van der Waals surface area contributed by atoms with Gasteiger partial charge in [-0.25, -0.2) is 0 Å². The molecule has 0 unspecified atom stereocenters. The second-order valence-corrected chi connectivity index (χ2v) is 5.17. The Labute approximate surface area is 102 Å². The van der Waals surface area contributed by atoms with Crippen LogP contribution in [0.1, 0.15) is 71.1 Å². The van der Waals surface area contributed by atoms with Gasteiger partial charge in [-0.2, -0.15) is 0 Å². The van der Waals surface area contributed by atoms with E-state index in [4.69, 9.17) is 0 Å². The minimum Gasteiger partial charge on any atom is -0.103 e. The first-order valence-corrected chi connectivity index (χ1v) is 7.17. The van der Waals surface area contributed by atoms with Crippen molar-refractivity contribution in [2.75, 3.05) is 0 Å². The highest BCUT2D eigenvalue weighted by Crippen LogP contribution is 2.28. The van der Waals surface area contributed by atoms with Crippen molar-refractivity contribution in [2.24, 2.45) is 5.92 Å². The van der Waals surface area contributed by atoms with Crippen molar-refractivity contribution in [2.45, 2.75) is 71.1 Å². The van der Waals surface area contributed by atoms with Crippen molar-refractivity contribution in [1.82, 2.24) is 0 Å². The summed E-state index contributed by atoms with van der Waals surface area (Å²) in [6, 6.07) is 0. The molecule has 1 aliphatic rings. The molecule has 0 N–H and O–H groups in total. The third-order valence-electron chi connectivity index (χ3n) is 3.63. The van der Waals surface area contributed by atoms with E-state index in [-0.39, 0.29) is 0 Å². The van der Waals surface area contributed by atoms with Gasteiger partial charge in [0.2, 0.25) is 0 Å². The molecule has 1 aliphatic carbocycles. The lowest BCUT2D eigenvalue weighted by atomic mass is 9.97. The van der Waals surface area contributed by atoms with Crippen LogP contribution in [0.25, 0.3) is 0 Å². The van der Waals surface area contributed by atoms with Crippen LogP contribution >= 0.6 is 0 Å². The lowest BCUT2D eigenvalue weighted by Gasteiger charge is -2.09. The molecule has 1 rings (SSSR count). The van der Waals surface area contributed by atoms with Crippen LogP contribution in [-0.2, 0) is 0 Å². The first kappa shape index (κ1) is 13.5. The summed E-state index contributed by atoms with van der Waals surface area (Å²) in [4.78, 5) is 0. The van der Waals surface area contributed by atoms with Crippen LogP contribution < -0.4 is 0 Å². The number of hydrogen-bond acceptors (Lipinski definition) is 0. The van der Waals surface area contributed by atoms with Crippen molar-refractivity contribution in [1.29, 1.82) is 0 Å².